The Morgan fingerprint density at radius 1 is 1.32 bits per heavy atom. The maximum absolute atomic E-state index is 13.5. The highest BCUT2D eigenvalue weighted by Crippen LogP contribution is 2.37. The Bertz CT molecular complexity index is 635. The molecule has 0 saturated carbocycles. The number of benzene rings is 2. The Morgan fingerprint density at radius 3 is 2.95 bits per heavy atom. The van der Waals surface area contributed by atoms with Crippen LogP contribution in [0.3, 0.4) is 0 Å². The first-order valence-electron chi connectivity index (χ1n) is 5.78. The van der Waals surface area contributed by atoms with E-state index in [-0.39, 0.29) is 11.1 Å². The summed E-state index contributed by atoms with van der Waals surface area (Å²) in [5, 5.41) is 3.30. The lowest BCUT2D eigenvalue weighted by atomic mass is 10.1. The molecule has 0 saturated heterocycles. The highest BCUT2D eigenvalue weighted by Gasteiger charge is 2.22. The summed E-state index contributed by atoms with van der Waals surface area (Å²) in [6.45, 7) is 0.616. The fourth-order valence-electron chi connectivity index (χ4n) is 2.05. The first kappa shape index (κ1) is 12.8. The quantitative estimate of drug-likeness (QED) is 0.805. The van der Waals surface area contributed by atoms with E-state index in [1.807, 2.05) is 24.3 Å². The zero-order valence-corrected chi connectivity index (χ0v) is 12.1. The van der Waals surface area contributed by atoms with Gasteiger partial charge in [0.05, 0.1) is 17.3 Å². The van der Waals surface area contributed by atoms with Crippen LogP contribution in [0.1, 0.15) is 11.7 Å². The Kier molecular flexibility index (Phi) is 3.37. The Labute approximate surface area is 123 Å². The zero-order chi connectivity index (χ0) is 13.4. The van der Waals surface area contributed by atoms with Gasteiger partial charge < -0.3 is 10.1 Å². The first-order valence-corrected chi connectivity index (χ1v) is 6.95. The molecule has 1 heterocycles. The molecule has 19 heavy (non-hydrogen) atoms. The van der Waals surface area contributed by atoms with Crippen molar-refractivity contribution in [2.75, 3.05) is 11.9 Å². The van der Waals surface area contributed by atoms with Gasteiger partial charge in [-0.1, -0.05) is 39.7 Å². The third kappa shape index (κ3) is 2.55. The van der Waals surface area contributed by atoms with Gasteiger partial charge >= 0.3 is 0 Å². The smallest absolute Gasteiger partial charge is 0.146 e. The van der Waals surface area contributed by atoms with Gasteiger partial charge in [-0.2, -0.15) is 0 Å². The van der Waals surface area contributed by atoms with Crippen molar-refractivity contribution in [3.05, 3.63) is 57.3 Å². The van der Waals surface area contributed by atoms with Crippen LogP contribution in [-0.4, -0.2) is 6.54 Å². The fourth-order valence-corrected chi connectivity index (χ4v) is 2.64. The van der Waals surface area contributed by atoms with Gasteiger partial charge in [-0.3, -0.25) is 0 Å². The summed E-state index contributed by atoms with van der Waals surface area (Å²) in [7, 11) is 0. The van der Waals surface area contributed by atoms with E-state index in [1.54, 1.807) is 6.07 Å². The number of nitrogens with one attached hydrogen (secondary N) is 1. The molecule has 2 nitrogen and oxygen atoms in total. The van der Waals surface area contributed by atoms with Gasteiger partial charge in [0, 0.05) is 10.5 Å². The van der Waals surface area contributed by atoms with Crippen LogP contribution in [0, 0.1) is 5.82 Å². The molecule has 0 bridgehead atoms. The highest BCUT2D eigenvalue weighted by molar-refractivity contribution is 9.10. The molecule has 1 aliphatic heterocycles. The van der Waals surface area contributed by atoms with Crippen molar-refractivity contribution in [1.29, 1.82) is 0 Å². The highest BCUT2D eigenvalue weighted by atomic mass is 79.9. The van der Waals surface area contributed by atoms with Crippen molar-refractivity contribution in [1.82, 2.24) is 0 Å². The van der Waals surface area contributed by atoms with Crippen molar-refractivity contribution in [3.8, 4) is 5.75 Å². The molecule has 0 aliphatic carbocycles. The third-order valence-electron chi connectivity index (χ3n) is 2.99. The van der Waals surface area contributed by atoms with E-state index in [2.05, 4.69) is 21.2 Å². The van der Waals surface area contributed by atoms with E-state index < -0.39 is 5.82 Å². The average molecular weight is 343 g/mol. The second-order valence-corrected chi connectivity index (χ2v) is 5.63. The van der Waals surface area contributed by atoms with E-state index in [1.165, 1.54) is 6.07 Å². The summed E-state index contributed by atoms with van der Waals surface area (Å²) in [6, 6.07) is 10.7. The van der Waals surface area contributed by atoms with E-state index >= 15 is 0 Å². The van der Waals surface area contributed by atoms with E-state index in [0.717, 1.165) is 15.7 Å². The summed E-state index contributed by atoms with van der Waals surface area (Å²) in [5.41, 5.74) is 1.75. The van der Waals surface area contributed by atoms with Crippen molar-refractivity contribution >= 4 is 33.2 Å². The number of rotatable bonds is 1. The van der Waals surface area contributed by atoms with Gasteiger partial charge in [0.15, 0.2) is 0 Å². The average Bonchev–Trinajstić information content (AvgIpc) is 2.39. The molecule has 2 aromatic carbocycles. The van der Waals surface area contributed by atoms with E-state index in [9.17, 15) is 4.39 Å². The lowest BCUT2D eigenvalue weighted by Gasteiger charge is -2.28. The van der Waals surface area contributed by atoms with Gasteiger partial charge in [0.25, 0.3) is 0 Å². The van der Waals surface area contributed by atoms with Crippen LogP contribution in [0.5, 0.6) is 5.75 Å². The van der Waals surface area contributed by atoms with Crippen molar-refractivity contribution in [2.24, 2.45) is 0 Å². The predicted octanol–water partition coefficient (Wildman–Crippen LogP) is 4.79. The molecule has 1 N–H and O–H groups in total. The van der Waals surface area contributed by atoms with Gasteiger partial charge in [-0.25, -0.2) is 4.39 Å². The normalized spacial score (nSPS) is 17.3. The van der Waals surface area contributed by atoms with E-state index in [4.69, 9.17) is 16.3 Å². The minimum Gasteiger partial charge on any atom is -0.482 e. The molecular weight excluding hydrogens is 333 g/mol. The number of fused-ring (bicyclic) bond motifs is 1. The van der Waals surface area contributed by atoms with Crippen molar-refractivity contribution in [3.63, 3.8) is 0 Å². The molecule has 3 rings (SSSR count). The molecule has 1 aliphatic rings. The van der Waals surface area contributed by atoms with Crippen molar-refractivity contribution < 1.29 is 9.13 Å². The lowest BCUT2D eigenvalue weighted by Crippen LogP contribution is -2.23. The molecule has 2 aromatic rings. The summed E-state index contributed by atoms with van der Waals surface area (Å²) >= 11 is 9.17. The van der Waals surface area contributed by atoms with E-state index in [0.29, 0.717) is 12.3 Å². The molecule has 1 atom stereocenters. The molecule has 1 unspecified atom stereocenters. The monoisotopic (exact) mass is 341 g/mol. The van der Waals surface area contributed by atoms with Crippen molar-refractivity contribution in [2.45, 2.75) is 6.10 Å². The summed E-state index contributed by atoms with van der Waals surface area (Å²) in [5.74, 6) is 0.00948. The van der Waals surface area contributed by atoms with Crippen LogP contribution in [0.2, 0.25) is 5.02 Å². The minimum atomic E-state index is -0.475. The van der Waals surface area contributed by atoms with Crippen LogP contribution >= 0.6 is 27.5 Å². The second kappa shape index (κ2) is 5.02. The molecule has 0 radical (unpaired) electrons. The molecule has 5 heteroatoms. The van der Waals surface area contributed by atoms with Gasteiger partial charge in [0.2, 0.25) is 0 Å². The van der Waals surface area contributed by atoms with Crippen LogP contribution in [0.15, 0.2) is 40.9 Å². The maximum Gasteiger partial charge on any atom is 0.146 e. The topological polar surface area (TPSA) is 21.3 Å². The predicted molar refractivity (Wildman–Crippen MR) is 77.4 cm³/mol. The van der Waals surface area contributed by atoms with Crippen LogP contribution in [0.25, 0.3) is 0 Å². The Morgan fingerprint density at radius 2 is 2.16 bits per heavy atom. The molecular formula is C14H10BrClFNO. The van der Waals surface area contributed by atoms with Gasteiger partial charge in [0.1, 0.15) is 17.7 Å². The van der Waals surface area contributed by atoms with Crippen LogP contribution in [-0.2, 0) is 0 Å². The maximum atomic E-state index is 13.5. The minimum absolute atomic E-state index is 0.0933. The number of anilines is 1. The Hall–Kier alpha value is -1.26. The standard InChI is InChI=1S/C14H10BrClFNO/c15-9-3-1-2-8(4-9)14-7-18-12-5-10(16)11(17)6-13(12)19-14/h1-6,14,18H,7H2. The van der Waals surface area contributed by atoms with Crippen LogP contribution < -0.4 is 10.1 Å². The lowest BCUT2D eigenvalue weighted by molar-refractivity contribution is 0.209. The Balaban J connectivity index is 1.92. The number of ether oxygens (including phenoxy) is 1. The molecule has 0 spiro atoms. The summed E-state index contributed by atoms with van der Waals surface area (Å²) in [4.78, 5) is 0. The number of hydrogen-bond acceptors (Lipinski definition) is 2. The molecule has 98 valence electrons. The molecule has 0 amide bonds. The summed E-state index contributed by atoms with van der Waals surface area (Å²) in [6.07, 6.45) is -0.148. The van der Waals surface area contributed by atoms with Crippen LogP contribution in [0.4, 0.5) is 10.1 Å². The fraction of sp³-hybridized carbons (Fsp3) is 0.143. The third-order valence-corrected chi connectivity index (χ3v) is 3.77. The largest absolute Gasteiger partial charge is 0.482 e. The second-order valence-electron chi connectivity index (χ2n) is 4.30. The number of hydrogen-bond donors (Lipinski definition) is 1. The molecule has 0 fully saturated rings. The zero-order valence-electron chi connectivity index (χ0n) is 9.79. The first-order chi connectivity index (χ1) is 9.13. The SMILES string of the molecule is Fc1cc2c(cc1Cl)NCC(c1cccc(Br)c1)O2. The summed E-state index contributed by atoms with van der Waals surface area (Å²) < 4.78 is 20.3. The van der Waals surface area contributed by atoms with Gasteiger partial charge in [-0.15, -0.1) is 0 Å². The van der Waals surface area contributed by atoms with Gasteiger partial charge in [-0.05, 0) is 23.8 Å². The molecule has 0 aromatic heterocycles. The number of halogens is 3.